The molecule has 0 saturated carbocycles. The number of benzene rings is 3. The van der Waals surface area contributed by atoms with Crippen LogP contribution in [0.1, 0.15) is 55.0 Å². The summed E-state index contributed by atoms with van der Waals surface area (Å²) >= 11 is 1.54. The molecule has 4 atom stereocenters. The Morgan fingerprint density at radius 2 is 1.78 bits per heavy atom. The lowest BCUT2D eigenvalue weighted by atomic mass is 10.00. The maximum Gasteiger partial charge on any atom is 0.254 e. The maximum atomic E-state index is 13.8. The highest BCUT2D eigenvalue weighted by Crippen LogP contribution is 2.36. The van der Waals surface area contributed by atoms with Crippen LogP contribution in [0.2, 0.25) is 0 Å². The quantitative estimate of drug-likeness (QED) is 0.199. The number of hydrogen-bond acceptors (Lipinski definition) is 8. The third-order valence-corrected chi connectivity index (χ3v) is 9.11. The molecule has 1 aromatic heterocycles. The zero-order valence-corrected chi connectivity index (χ0v) is 26.6. The van der Waals surface area contributed by atoms with E-state index in [1.807, 2.05) is 66.9 Å². The summed E-state index contributed by atoms with van der Waals surface area (Å²) in [5.74, 6) is 0.229. The van der Waals surface area contributed by atoms with Gasteiger partial charge in [0.25, 0.3) is 11.8 Å². The minimum atomic E-state index is -0.873. The third-order valence-electron chi connectivity index (χ3n) is 8.05. The van der Waals surface area contributed by atoms with Gasteiger partial charge in [-0.3, -0.25) is 9.59 Å². The van der Waals surface area contributed by atoms with Crippen molar-refractivity contribution in [1.82, 2.24) is 20.5 Å². The second kappa shape index (κ2) is 15.3. The van der Waals surface area contributed by atoms with Crippen LogP contribution in [0.4, 0.5) is 0 Å². The van der Waals surface area contributed by atoms with Gasteiger partial charge in [0.05, 0.1) is 31.4 Å². The van der Waals surface area contributed by atoms with Gasteiger partial charge in [-0.1, -0.05) is 48.5 Å². The minimum absolute atomic E-state index is 0.0904. The normalized spacial score (nSPS) is 17.6. The highest BCUT2D eigenvalue weighted by atomic mass is 32.1. The second-order valence-corrected chi connectivity index (χ2v) is 12.2. The average molecular weight is 629 g/mol. The van der Waals surface area contributed by atoms with Gasteiger partial charge in [-0.15, -0.1) is 11.3 Å². The van der Waals surface area contributed by atoms with Gasteiger partial charge in [0.2, 0.25) is 0 Å². The minimum Gasteiger partial charge on any atom is -0.497 e. The van der Waals surface area contributed by atoms with E-state index in [0.29, 0.717) is 37.1 Å². The van der Waals surface area contributed by atoms with E-state index in [9.17, 15) is 14.7 Å². The number of nitrogens with zero attached hydrogens (tertiary/aromatic N) is 2. The predicted octanol–water partition coefficient (Wildman–Crippen LogP) is 4.55. The molecule has 1 fully saturated rings. The molecule has 236 valence electrons. The summed E-state index contributed by atoms with van der Waals surface area (Å²) in [6.45, 7) is 3.19. The van der Waals surface area contributed by atoms with Crippen LogP contribution < -0.4 is 15.4 Å². The summed E-state index contributed by atoms with van der Waals surface area (Å²) in [5, 5.41) is 20.4. The van der Waals surface area contributed by atoms with Crippen molar-refractivity contribution in [3.8, 4) is 5.75 Å². The van der Waals surface area contributed by atoms with Crippen molar-refractivity contribution in [2.24, 2.45) is 0 Å². The summed E-state index contributed by atoms with van der Waals surface area (Å²) in [6.07, 6.45) is 0.143. The molecule has 4 aromatic rings. The number of amides is 2. The summed E-state index contributed by atoms with van der Waals surface area (Å²) in [5.41, 5.74) is 3.69. The Balaban J connectivity index is 1.29. The molecule has 2 amide bonds. The lowest BCUT2D eigenvalue weighted by Gasteiger charge is -2.25. The van der Waals surface area contributed by atoms with Gasteiger partial charge in [-0.2, -0.15) is 0 Å². The zero-order chi connectivity index (χ0) is 31.8. The monoisotopic (exact) mass is 628 g/mol. The Hall–Kier alpha value is -4.09. The first-order valence-electron chi connectivity index (χ1n) is 15.1. The van der Waals surface area contributed by atoms with Crippen molar-refractivity contribution in [3.05, 3.63) is 117 Å². The molecule has 0 unspecified atom stereocenters. The summed E-state index contributed by atoms with van der Waals surface area (Å²) in [7, 11) is 3.28. The fourth-order valence-electron chi connectivity index (χ4n) is 5.60. The Kier molecular flexibility index (Phi) is 11.0. The Morgan fingerprint density at radius 1 is 1.02 bits per heavy atom. The van der Waals surface area contributed by atoms with E-state index in [2.05, 4.69) is 15.6 Å². The third kappa shape index (κ3) is 8.34. The van der Waals surface area contributed by atoms with E-state index >= 15 is 0 Å². The molecular formula is C35H40N4O5S. The van der Waals surface area contributed by atoms with Crippen molar-refractivity contribution in [2.75, 3.05) is 27.3 Å². The van der Waals surface area contributed by atoms with E-state index in [-0.39, 0.29) is 30.5 Å². The SMILES string of the molecule is COc1cccc(CNC[C@H](O)[C@H](Cc2ccccc2)NC(=O)c2cccc(C(=O)N3C[C@H](OC)C[C@@H]3c3nc(C)cs3)c2)c1. The summed E-state index contributed by atoms with van der Waals surface area (Å²) in [6, 6.07) is 23.4. The molecule has 9 nitrogen and oxygen atoms in total. The Labute approximate surface area is 268 Å². The molecule has 0 bridgehead atoms. The molecule has 3 N–H and O–H groups in total. The average Bonchev–Trinajstić information content (AvgIpc) is 3.71. The Bertz CT molecular complexity index is 1580. The van der Waals surface area contributed by atoms with Crippen LogP contribution in [0, 0.1) is 6.92 Å². The number of aliphatic hydroxyl groups excluding tert-OH is 1. The van der Waals surface area contributed by atoms with E-state index < -0.39 is 12.1 Å². The summed E-state index contributed by atoms with van der Waals surface area (Å²) in [4.78, 5) is 33.8. The number of aryl methyl sites for hydroxylation is 1. The van der Waals surface area contributed by atoms with Crippen LogP contribution in [-0.4, -0.2) is 72.4 Å². The van der Waals surface area contributed by atoms with Gasteiger partial charge in [-0.25, -0.2) is 4.98 Å². The van der Waals surface area contributed by atoms with Crippen LogP contribution >= 0.6 is 11.3 Å². The number of carbonyl (C=O) groups is 2. The number of methoxy groups -OCH3 is 2. The van der Waals surface area contributed by atoms with Gasteiger partial charge in [0.15, 0.2) is 0 Å². The highest BCUT2D eigenvalue weighted by molar-refractivity contribution is 7.09. The molecule has 0 spiro atoms. The smallest absolute Gasteiger partial charge is 0.254 e. The zero-order valence-electron chi connectivity index (χ0n) is 25.8. The van der Waals surface area contributed by atoms with Gasteiger partial charge < -0.3 is 30.1 Å². The van der Waals surface area contributed by atoms with Crippen LogP contribution in [0.3, 0.4) is 0 Å². The maximum absolute atomic E-state index is 13.8. The first kappa shape index (κ1) is 32.3. The van der Waals surface area contributed by atoms with Crippen LogP contribution in [0.15, 0.2) is 84.2 Å². The van der Waals surface area contributed by atoms with Crippen molar-refractivity contribution in [3.63, 3.8) is 0 Å². The number of ether oxygens (including phenoxy) is 2. The lowest BCUT2D eigenvalue weighted by molar-refractivity contribution is 0.0688. The number of likely N-dealkylation sites (tertiary alicyclic amines) is 1. The topological polar surface area (TPSA) is 113 Å². The number of rotatable bonds is 13. The lowest BCUT2D eigenvalue weighted by Crippen LogP contribution is -2.48. The number of nitrogens with one attached hydrogen (secondary N) is 2. The van der Waals surface area contributed by atoms with Gasteiger partial charge in [0.1, 0.15) is 10.8 Å². The largest absolute Gasteiger partial charge is 0.497 e. The van der Waals surface area contributed by atoms with E-state index in [1.54, 1.807) is 54.7 Å². The molecule has 10 heteroatoms. The first-order valence-corrected chi connectivity index (χ1v) is 15.9. The molecule has 45 heavy (non-hydrogen) atoms. The van der Waals surface area contributed by atoms with Crippen LogP contribution in [-0.2, 0) is 17.7 Å². The molecule has 1 aliphatic rings. The predicted molar refractivity (Wildman–Crippen MR) is 175 cm³/mol. The van der Waals surface area contributed by atoms with E-state index in [4.69, 9.17) is 9.47 Å². The standard InChI is InChI=1S/C35H40N4O5S/c1-23-22-45-34(37-23)31-18-29(44-3)21-39(31)35(42)27-13-8-12-26(17-27)33(41)38-30(16-24-9-5-4-6-10-24)32(40)20-36-19-25-11-7-14-28(15-25)43-2/h4-15,17,22,29-32,36,40H,16,18-21H2,1-3H3,(H,38,41)/t29-,30+,31-,32+/m1/s1. The molecular weight excluding hydrogens is 588 g/mol. The number of aliphatic hydroxyl groups is 1. The molecule has 3 aromatic carbocycles. The molecule has 1 aliphatic heterocycles. The van der Waals surface area contributed by atoms with Crippen molar-refractivity contribution in [2.45, 2.75) is 50.6 Å². The van der Waals surface area contributed by atoms with Crippen molar-refractivity contribution in [1.29, 1.82) is 0 Å². The Morgan fingerprint density at radius 3 is 2.51 bits per heavy atom. The molecule has 0 radical (unpaired) electrons. The molecule has 1 saturated heterocycles. The molecule has 5 rings (SSSR count). The fourth-order valence-corrected chi connectivity index (χ4v) is 6.52. The van der Waals surface area contributed by atoms with Gasteiger partial charge in [0, 0.05) is 55.4 Å². The number of thiazole rings is 1. The van der Waals surface area contributed by atoms with Gasteiger partial charge in [-0.05, 0) is 54.8 Å². The van der Waals surface area contributed by atoms with E-state index in [0.717, 1.165) is 27.6 Å². The van der Waals surface area contributed by atoms with Crippen molar-refractivity contribution < 1.29 is 24.2 Å². The highest BCUT2D eigenvalue weighted by Gasteiger charge is 2.38. The molecule has 0 aliphatic carbocycles. The second-order valence-electron chi connectivity index (χ2n) is 11.3. The van der Waals surface area contributed by atoms with Crippen LogP contribution in [0.25, 0.3) is 0 Å². The number of carbonyl (C=O) groups excluding carboxylic acids is 2. The van der Waals surface area contributed by atoms with Crippen LogP contribution in [0.5, 0.6) is 5.75 Å². The number of aromatic nitrogens is 1. The molecule has 2 heterocycles. The van der Waals surface area contributed by atoms with Crippen molar-refractivity contribution >= 4 is 23.2 Å². The van der Waals surface area contributed by atoms with Gasteiger partial charge >= 0.3 is 0 Å². The van der Waals surface area contributed by atoms with E-state index in [1.165, 1.54) is 0 Å². The number of hydrogen-bond donors (Lipinski definition) is 3. The summed E-state index contributed by atoms with van der Waals surface area (Å²) < 4.78 is 10.9. The first-order chi connectivity index (χ1) is 21.8. The fraction of sp³-hybridized carbons (Fsp3) is 0.343.